The third-order valence-corrected chi connectivity index (χ3v) is 3.40. The molecule has 0 aromatic heterocycles. The van der Waals surface area contributed by atoms with Gasteiger partial charge in [-0.3, -0.25) is 4.21 Å². The Labute approximate surface area is 60.1 Å². The van der Waals surface area contributed by atoms with E-state index in [-0.39, 0.29) is 9.42 Å². The molecule has 46 valence electrons. The molecule has 3 atom stereocenters. The molecule has 0 aromatic rings. The number of alkyl halides is 2. The first-order valence-electron chi connectivity index (χ1n) is 2.07. The molecular formula is C4H4Cl2OS. The van der Waals surface area contributed by atoms with Gasteiger partial charge in [0.2, 0.25) is 0 Å². The van der Waals surface area contributed by atoms with E-state index in [1.54, 1.807) is 12.2 Å². The van der Waals surface area contributed by atoms with E-state index in [1.807, 2.05) is 0 Å². The van der Waals surface area contributed by atoms with Crippen molar-refractivity contribution in [2.45, 2.75) is 9.42 Å². The van der Waals surface area contributed by atoms with Crippen LogP contribution >= 0.6 is 23.2 Å². The van der Waals surface area contributed by atoms with Gasteiger partial charge in [0, 0.05) is 0 Å². The summed E-state index contributed by atoms with van der Waals surface area (Å²) in [5, 5.41) is 0. The van der Waals surface area contributed by atoms with Crippen LogP contribution in [0.2, 0.25) is 0 Å². The first-order valence-corrected chi connectivity index (χ1v) is 4.22. The van der Waals surface area contributed by atoms with Crippen LogP contribution in [-0.4, -0.2) is 13.6 Å². The highest BCUT2D eigenvalue weighted by Crippen LogP contribution is 2.20. The van der Waals surface area contributed by atoms with E-state index in [4.69, 9.17) is 23.2 Å². The third-order valence-electron chi connectivity index (χ3n) is 0.858. The zero-order valence-corrected chi connectivity index (χ0v) is 6.21. The maximum atomic E-state index is 10.7. The molecule has 0 N–H and O–H groups in total. The second-order valence-electron chi connectivity index (χ2n) is 1.42. The van der Waals surface area contributed by atoms with Gasteiger partial charge in [0.05, 0.1) is 10.8 Å². The first kappa shape index (κ1) is 6.59. The van der Waals surface area contributed by atoms with Crippen LogP contribution in [0.3, 0.4) is 0 Å². The minimum Gasteiger partial charge on any atom is -0.256 e. The maximum absolute atomic E-state index is 10.7. The Hall–Kier alpha value is 0.470. The molecule has 1 aliphatic rings. The number of rotatable bonds is 0. The second kappa shape index (κ2) is 2.38. The summed E-state index contributed by atoms with van der Waals surface area (Å²) in [6, 6.07) is 0. The Bertz CT molecular complexity index is 131. The molecule has 0 saturated heterocycles. The number of halogens is 2. The van der Waals surface area contributed by atoms with Crippen molar-refractivity contribution < 1.29 is 4.21 Å². The summed E-state index contributed by atoms with van der Waals surface area (Å²) < 4.78 is 9.94. The van der Waals surface area contributed by atoms with Gasteiger partial charge < -0.3 is 0 Å². The van der Waals surface area contributed by atoms with Gasteiger partial charge in [0.1, 0.15) is 9.42 Å². The van der Waals surface area contributed by atoms with Crippen LogP contribution in [0.25, 0.3) is 0 Å². The quantitative estimate of drug-likeness (QED) is 0.398. The van der Waals surface area contributed by atoms with Crippen LogP contribution in [0, 0.1) is 0 Å². The summed E-state index contributed by atoms with van der Waals surface area (Å²) in [7, 11) is -1.09. The van der Waals surface area contributed by atoms with E-state index >= 15 is 0 Å². The molecule has 4 heteroatoms. The van der Waals surface area contributed by atoms with Crippen molar-refractivity contribution in [1.29, 1.82) is 0 Å². The summed E-state index contributed by atoms with van der Waals surface area (Å²) in [5.74, 6) is 0. The highest BCUT2D eigenvalue weighted by Gasteiger charge is 2.22. The Balaban J connectivity index is 2.70. The summed E-state index contributed by atoms with van der Waals surface area (Å²) in [4.78, 5) is 0. The fourth-order valence-corrected chi connectivity index (χ4v) is 2.18. The molecule has 0 aliphatic carbocycles. The maximum Gasteiger partial charge on any atom is 0.129 e. The lowest BCUT2D eigenvalue weighted by molar-refractivity contribution is 0.685. The van der Waals surface area contributed by atoms with Gasteiger partial charge in [-0.15, -0.1) is 23.2 Å². The molecule has 1 nitrogen and oxygen atoms in total. The van der Waals surface area contributed by atoms with Gasteiger partial charge in [0.25, 0.3) is 0 Å². The van der Waals surface area contributed by atoms with Crippen molar-refractivity contribution in [1.82, 2.24) is 0 Å². The largest absolute Gasteiger partial charge is 0.256 e. The van der Waals surface area contributed by atoms with Crippen molar-refractivity contribution in [3.05, 3.63) is 12.2 Å². The predicted octanol–water partition coefficient (Wildman–Crippen LogP) is 1.43. The van der Waals surface area contributed by atoms with Crippen LogP contribution in [0.4, 0.5) is 0 Å². The highest BCUT2D eigenvalue weighted by molar-refractivity contribution is 7.89. The van der Waals surface area contributed by atoms with Crippen LogP contribution in [-0.2, 0) is 10.8 Å². The molecule has 0 radical (unpaired) electrons. The Morgan fingerprint density at radius 3 is 1.75 bits per heavy atom. The normalized spacial score (nSPS) is 45.5. The van der Waals surface area contributed by atoms with Gasteiger partial charge in [-0.25, -0.2) is 0 Å². The van der Waals surface area contributed by atoms with Crippen molar-refractivity contribution in [2.75, 3.05) is 0 Å². The van der Waals surface area contributed by atoms with E-state index in [0.29, 0.717) is 0 Å². The molecule has 1 rings (SSSR count). The SMILES string of the molecule is O=S1[C@H](Cl)C=C[C@@H]1Cl. The Kier molecular flexibility index (Phi) is 1.96. The molecule has 1 unspecified atom stereocenters. The minimum absolute atomic E-state index is 0.377. The van der Waals surface area contributed by atoms with Crippen molar-refractivity contribution in [3.63, 3.8) is 0 Å². The van der Waals surface area contributed by atoms with Crippen molar-refractivity contribution in [3.8, 4) is 0 Å². The van der Waals surface area contributed by atoms with Crippen molar-refractivity contribution >= 4 is 34.0 Å². The van der Waals surface area contributed by atoms with Crippen molar-refractivity contribution in [2.24, 2.45) is 0 Å². The van der Waals surface area contributed by atoms with Crippen LogP contribution in [0.5, 0.6) is 0 Å². The van der Waals surface area contributed by atoms with Crippen LogP contribution in [0.1, 0.15) is 0 Å². The molecule has 1 aliphatic heterocycles. The molecule has 0 spiro atoms. The van der Waals surface area contributed by atoms with Gasteiger partial charge in [0.15, 0.2) is 0 Å². The fraction of sp³-hybridized carbons (Fsp3) is 0.500. The number of hydrogen-bond donors (Lipinski definition) is 0. The van der Waals surface area contributed by atoms with E-state index < -0.39 is 10.8 Å². The third kappa shape index (κ3) is 1.07. The van der Waals surface area contributed by atoms with E-state index in [0.717, 1.165) is 0 Å². The molecule has 8 heavy (non-hydrogen) atoms. The molecule has 0 fully saturated rings. The number of hydrogen-bond acceptors (Lipinski definition) is 1. The zero-order chi connectivity index (χ0) is 6.15. The lowest BCUT2D eigenvalue weighted by Crippen LogP contribution is -2.05. The summed E-state index contributed by atoms with van der Waals surface area (Å²) in [6.07, 6.45) is 3.30. The molecular weight excluding hydrogens is 167 g/mol. The van der Waals surface area contributed by atoms with Gasteiger partial charge in [-0.05, 0) is 0 Å². The van der Waals surface area contributed by atoms with E-state index in [2.05, 4.69) is 0 Å². The zero-order valence-electron chi connectivity index (χ0n) is 3.88. The lowest BCUT2D eigenvalue weighted by Gasteiger charge is -1.95. The van der Waals surface area contributed by atoms with Gasteiger partial charge >= 0.3 is 0 Å². The Morgan fingerprint density at radius 2 is 1.62 bits per heavy atom. The van der Waals surface area contributed by atoms with Gasteiger partial charge in [-0.1, -0.05) is 12.2 Å². The average molecular weight is 171 g/mol. The molecule has 0 amide bonds. The summed E-state index contributed by atoms with van der Waals surface area (Å²) >= 11 is 11.0. The molecule has 1 heterocycles. The molecule has 0 aromatic carbocycles. The first-order chi connectivity index (χ1) is 3.72. The standard InChI is InChI=1S/C4H4Cl2OS/c5-3-1-2-4(6)8(3)7/h1-4H/t3-,4+,8?. The van der Waals surface area contributed by atoms with Crippen LogP contribution in [0.15, 0.2) is 12.2 Å². The van der Waals surface area contributed by atoms with Gasteiger partial charge in [-0.2, -0.15) is 0 Å². The minimum atomic E-state index is -1.09. The van der Waals surface area contributed by atoms with E-state index in [1.165, 1.54) is 0 Å². The van der Waals surface area contributed by atoms with E-state index in [9.17, 15) is 4.21 Å². The summed E-state index contributed by atoms with van der Waals surface area (Å²) in [6.45, 7) is 0. The monoisotopic (exact) mass is 170 g/mol. The lowest BCUT2D eigenvalue weighted by atomic mass is 10.6. The average Bonchev–Trinajstić information content (AvgIpc) is 1.98. The second-order valence-corrected chi connectivity index (χ2v) is 4.55. The Morgan fingerprint density at radius 1 is 1.25 bits per heavy atom. The summed E-state index contributed by atoms with van der Waals surface area (Å²) in [5.41, 5.74) is 0. The molecule has 0 bridgehead atoms. The highest BCUT2D eigenvalue weighted by atomic mass is 35.5. The predicted molar refractivity (Wildman–Crippen MR) is 36.6 cm³/mol. The smallest absolute Gasteiger partial charge is 0.129 e. The topological polar surface area (TPSA) is 17.1 Å². The fourth-order valence-electron chi connectivity index (χ4n) is 0.454. The van der Waals surface area contributed by atoms with Crippen LogP contribution < -0.4 is 0 Å². The molecule has 0 saturated carbocycles.